The van der Waals surface area contributed by atoms with E-state index in [1.807, 2.05) is 13.0 Å². The number of rotatable bonds is 5. The fourth-order valence-electron chi connectivity index (χ4n) is 2.47. The lowest BCUT2D eigenvalue weighted by Gasteiger charge is -2.08. The number of nitrogens with one attached hydrogen (secondary N) is 2. The summed E-state index contributed by atoms with van der Waals surface area (Å²) in [4.78, 5) is 24.7. The summed E-state index contributed by atoms with van der Waals surface area (Å²) in [6, 6.07) is 12.1. The SMILES string of the molecule is Cc1ccc(NC(=O)Cn2nnc(C(=O)Nc3ccccc3Cl)c2C)cc1Cl. The largest absolute Gasteiger partial charge is 0.324 e. The number of carbonyl (C=O) groups is 2. The van der Waals surface area contributed by atoms with Gasteiger partial charge in [-0.2, -0.15) is 0 Å². The van der Waals surface area contributed by atoms with Gasteiger partial charge in [-0.15, -0.1) is 5.10 Å². The molecule has 0 fully saturated rings. The molecule has 0 saturated heterocycles. The van der Waals surface area contributed by atoms with Crippen LogP contribution in [0.2, 0.25) is 10.0 Å². The monoisotopic (exact) mass is 417 g/mol. The second kappa shape index (κ2) is 8.41. The van der Waals surface area contributed by atoms with Crippen LogP contribution in [-0.4, -0.2) is 26.8 Å². The van der Waals surface area contributed by atoms with Crippen molar-refractivity contribution in [2.24, 2.45) is 0 Å². The second-order valence-electron chi connectivity index (χ2n) is 6.13. The van der Waals surface area contributed by atoms with Crippen molar-refractivity contribution < 1.29 is 9.59 Å². The maximum absolute atomic E-state index is 12.4. The van der Waals surface area contributed by atoms with Gasteiger partial charge in [-0.25, -0.2) is 4.68 Å². The molecule has 0 radical (unpaired) electrons. The predicted octanol–water partition coefficient (Wildman–Crippen LogP) is 4.09. The van der Waals surface area contributed by atoms with E-state index in [1.165, 1.54) is 4.68 Å². The standard InChI is InChI=1S/C19H17Cl2N5O2/c1-11-7-8-13(9-15(11)21)22-17(27)10-26-12(2)18(24-25-26)19(28)23-16-6-4-3-5-14(16)20/h3-9H,10H2,1-2H3,(H,22,27)(H,23,28). The number of nitrogens with zero attached hydrogens (tertiary/aromatic N) is 3. The van der Waals surface area contributed by atoms with Gasteiger partial charge in [-0.1, -0.05) is 46.6 Å². The fourth-order valence-corrected chi connectivity index (χ4v) is 2.84. The Bertz CT molecular complexity index is 1050. The number of hydrogen-bond donors (Lipinski definition) is 2. The van der Waals surface area contributed by atoms with E-state index in [9.17, 15) is 9.59 Å². The number of para-hydroxylation sites is 1. The smallest absolute Gasteiger partial charge is 0.278 e. The number of carbonyl (C=O) groups excluding carboxylic acids is 2. The summed E-state index contributed by atoms with van der Waals surface area (Å²) in [5.74, 6) is -0.770. The molecule has 2 aromatic carbocycles. The van der Waals surface area contributed by atoms with Gasteiger partial charge in [-0.3, -0.25) is 9.59 Å². The number of anilines is 2. The summed E-state index contributed by atoms with van der Waals surface area (Å²) in [6.45, 7) is 3.45. The highest BCUT2D eigenvalue weighted by Crippen LogP contribution is 2.22. The van der Waals surface area contributed by atoms with Crippen molar-refractivity contribution in [2.45, 2.75) is 20.4 Å². The van der Waals surface area contributed by atoms with Crippen LogP contribution >= 0.6 is 23.2 Å². The zero-order chi connectivity index (χ0) is 20.3. The molecule has 2 amide bonds. The Morgan fingerprint density at radius 1 is 1.04 bits per heavy atom. The third kappa shape index (κ3) is 4.49. The van der Waals surface area contributed by atoms with Gasteiger partial charge in [0.1, 0.15) is 6.54 Å². The van der Waals surface area contributed by atoms with E-state index in [0.29, 0.717) is 27.1 Å². The Balaban J connectivity index is 1.68. The molecule has 0 aliphatic rings. The molecule has 0 spiro atoms. The second-order valence-corrected chi connectivity index (χ2v) is 6.94. The first-order chi connectivity index (χ1) is 13.3. The summed E-state index contributed by atoms with van der Waals surface area (Å²) in [6.07, 6.45) is 0. The topological polar surface area (TPSA) is 88.9 Å². The van der Waals surface area contributed by atoms with Crippen LogP contribution in [0.25, 0.3) is 0 Å². The predicted molar refractivity (Wildman–Crippen MR) is 109 cm³/mol. The average molecular weight is 418 g/mol. The van der Waals surface area contributed by atoms with Gasteiger partial charge in [0.2, 0.25) is 5.91 Å². The van der Waals surface area contributed by atoms with Crippen molar-refractivity contribution in [3.05, 3.63) is 69.5 Å². The van der Waals surface area contributed by atoms with E-state index in [0.717, 1.165) is 5.56 Å². The van der Waals surface area contributed by atoms with Gasteiger partial charge in [0.25, 0.3) is 5.91 Å². The Labute approximate surface area is 171 Å². The quantitative estimate of drug-likeness (QED) is 0.653. The number of hydrogen-bond acceptors (Lipinski definition) is 4. The van der Waals surface area contributed by atoms with Crippen LogP contribution in [0.5, 0.6) is 0 Å². The third-order valence-corrected chi connectivity index (χ3v) is 4.81. The van der Waals surface area contributed by atoms with Gasteiger partial charge in [-0.05, 0) is 43.7 Å². The molecular formula is C19H17Cl2N5O2. The van der Waals surface area contributed by atoms with E-state index in [1.54, 1.807) is 43.3 Å². The van der Waals surface area contributed by atoms with Gasteiger partial charge in [0, 0.05) is 10.7 Å². The van der Waals surface area contributed by atoms with Gasteiger partial charge in [0.05, 0.1) is 16.4 Å². The number of halogens is 2. The van der Waals surface area contributed by atoms with Gasteiger partial charge in [0.15, 0.2) is 5.69 Å². The molecule has 1 heterocycles. The third-order valence-electron chi connectivity index (χ3n) is 4.07. The molecule has 0 unspecified atom stereocenters. The van der Waals surface area contributed by atoms with E-state index >= 15 is 0 Å². The van der Waals surface area contributed by atoms with Crippen molar-refractivity contribution >= 4 is 46.4 Å². The molecule has 0 bridgehead atoms. The Morgan fingerprint density at radius 3 is 2.50 bits per heavy atom. The Hall–Kier alpha value is -2.90. The summed E-state index contributed by atoms with van der Waals surface area (Å²) < 4.78 is 1.35. The molecule has 28 heavy (non-hydrogen) atoms. The minimum absolute atomic E-state index is 0.0935. The van der Waals surface area contributed by atoms with Crippen LogP contribution in [0.4, 0.5) is 11.4 Å². The van der Waals surface area contributed by atoms with E-state index < -0.39 is 5.91 Å². The highest BCUT2D eigenvalue weighted by Gasteiger charge is 2.19. The van der Waals surface area contributed by atoms with Crippen LogP contribution in [0.3, 0.4) is 0 Å². The van der Waals surface area contributed by atoms with Gasteiger partial charge >= 0.3 is 0 Å². The fraction of sp³-hybridized carbons (Fsp3) is 0.158. The molecule has 144 valence electrons. The van der Waals surface area contributed by atoms with Crippen molar-refractivity contribution in [1.29, 1.82) is 0 Å². The minimum atomic E-state index is -0.456. The van der Waals surface area contributed by atoms with Crippen LogP contribution in [0.15, 0.2) is 42.5 Å². The van der Waals surface area contributed by atoms with Crippen LogP contribution in [-0.2, 0) is 11.3 Å². The summed E-state index contributed by atoms with van der Waals surface area (Å²) in [5.41, 5.74) is 2.54. The van der Waals surface area contributed by atoms with Crippen molar-refractivity contribution in [3.8, 4) is 0 Å². The highest BCUT2D eigenvalue weighted by atomic mass is 35.5. The van der Waals surface area contributed by atoms with E-state index in [2.05, 4.69) is 20.9 Å². The lowest BCUT2D eigenvalue weighted by atomic mass is 10.2. The first-order valence-corrected chi connectivity index (χ1v) is 9.12. The first kappa shape index (κ1) is 19.9. The van der Waals surface area contributed by atoms with E-state index in [-0.39, 0.29) is 18.1 Å². The van der Waals surface area contributed by atoms with Gasteiger partial charge < -0.3 is 10.6 Å². The lowest BCUT2D eigenvalue weighted by molar-refractivity contribution is -0.117. The molecule has 1 aromatic heterocycles. The molecule has 2 N–H and O–H groups in total. The number of amides is 2. The minimum Gasteiger partial charge on any atom is -0.324 e. The molecule has 9 heteroatoms. The van der Waals surface area contributed by atoms with Crippen molar-refractivity contribution in [2.75, 3.05) is 10.6 Å². The van der Waals surface area contributed by atoms with Crippen molar-refractivity contribution in [3.63, 3.8) is 0 Å². The van der Waals surface area contributed by atoms with Crippen LogP contribution in [0.1, 0.15) is 21.7 Å². The molecular weight excluding hydrogens is 401 g/mol. The summed E-state index contributed by atoms with van der Waals surface area (Å²) in [7, 11) is 0. The number of aromatic nitrogens is 3. The normalized spacial score (nSPS) is 10.6. The summed E-state index contributed by atoms with van der Waals surface area (Å²) in [5, 5.41) is 14.2. The number of benzene rings is 2. The first-order valence-electron chi connectivity index (χ1n) is 8.37. The molecule has 3 aromatic rings. The maximum Gasteiger partial charge on any atom is 0.278 e. The Kier molecular flexibility index (Phi) is 5.96. The highest BCUT2D eigenvalue weighted by molar-refractivity contribution is 6.34. The molecule has 3 rings (SSSR count). The van der Waals surface area contributed by atoms with Crippen molar-refractivity contribution in [1.82, 2.24) is 15.0 Å². The molecule has 0 atom stereocenters. The molecule has 0 saturated carbocycles. The molecule has 0 aliphatic heterocycles. The van der Waals surface area contributed by atoms with Crippen LogP contribution in [0, 0.1) is 13.8 Å². The molecule has 7 nitrogen and oxygen atoms in total. The molecule has 0 aliphatic carbocycles. The average Bonchev–Trinajstić information content (AvgIpc) is 3.00. The zero-order valence-corrected chi connectivity index (χ0v) is 16.7. The van der Waals surface area contributed by atoms with E-state index in [4.69, 9.17) is 23.2 Å². The van der Waals surface area contributed by atoms with Crippen LogP contribution < -0.4 is 10.6 Å². The maximum atomic E-state index is 12.4. The number of aryl methyl sites for hydroxylation is 1. The zero-order valence-electron chi connectivity index (χ0n) is 15.2. The summed E-state index contributed by atoms with van der Waals surface area (Å²) >= 11 is 12.1. The Morgan fingerprint density at radius 2 is 1.79 bits per heavy atom. The lowest BCUT2D eigenvalue weighted by Crippen LogP contribution is -2.21.